The number of nitrogens with two attached hydrogens (primary N) is 2. The van der Waals surface area contributed by atoms with Crippen LogP contribution in [0.15, 0.2) is 0 Å². The zero-order chi connectivity index (χ0) is 21.5. The second-order valence-electron chi connectivity index (χ2n) is 6.09. The van der Waals surface area contributed by atoms with Gasteiger partial charge in [0.1, 0.15) is 18.6 Å². The molecule has 0 rings (SSSR count). The van der Waals surface area contributed by atoms with E-state index in [1.54, 1.807) is 0 Å². The summed E-state index contributed by atoms with van der Waals surface area (Å²) in [4.78, 5) is 47.6. The van der Waals surface area contributed by atoms with Gasteiger partial charge >= 0.3 is 5.97 Å². The number of amides is 3. The van der Waals surface area contributed by atoms with E-state index in [2.05, 4.69) is 28.6 Å². The van der Waals surface area contributed by atoms with Crippen LogP contribution in [0.3, 0.4) is 0 Å². The molecule has 0 fully saturated rings. The van der Waals surface area contributed by atoms with Crippen LogP contribution in [-0.4, -0.2) is 77.8 Å². The number of carbonyl (C=O) groups excluding carboxylic acids is 3. The Bertz CT molecular complexity index is 524. The Hall–Kier alpha value is -1.50. The molecule has 0 bridgehead atoms. The van der Waals surface area contributed by atoms with Crippen molar-refractivity contribution in [1.82, 2.24) is 16.0 Å². The molecule has 28 heavy (non-hydrogen) atoms. The maximum atomic E-state index is 12.7. The first-order chi connectivity index (χ1) is 13.3. The molecule has 0 saturated heterocycles. The van der Waals surface area contributed by atoms with Gasteiger partial charge in [-0.2, -0.15) is 24.4 Å². The van der Waals surface area contributed by atoms with Gasteiger partial charge in [-0.3, -0.25) is 19.2 Å². The van der Waals surface area contributed by atoms with Gasteiger partial charge in [0, 0.05) is 5.75 Å². The average molecular weight is 438 g/mol. The summed E-state index contributed by atoms with van der Waals surface area (Å²) in [7, 11) is 0. The van der Waals surface area contributed by atoms with E-state index in [9.17, 15) is 19.2 Å². The lowest BCUT2D eigenvalue weighted by atomic mass is 10.1. The number of aliphatic carboxylic acids is 1. The zero-order valence-electron chi connectivity index (χ0n) is 16.0. The predicted octanol–water partition coefficient (Wildman–Crippen LogP) is -1.70. The fourth-order valence-corrected chi connectivity index (χ4v) is 2.82. The van der Waals surface area contributed by atoms with Crippen molar-refractivity contribution in [3.05, 3.63) is 0 Å². The molecular weight excluding hydrogens is 406 g/mol. The molecule has 0 heterocycles. The van der Waals surface area contributed by atoms with Gasteiger partial charge in [-0.05, 0) is 44.2 Å². The highest BCUT2D eigenvalue weighted by molar-refractivity contribution is 7.98. The second-order valence-corrected chi connectivity index (χ2v) is 7.44. The minimum Gasteiger partial charge on any atom is -0.480 e. The third-order valence-electron chi connectivity index (χ3n) is 3.77. The molecule has 12 heteroatoms. The number of thioether (sulfide) groups is 1. The van der Waals surface area contributed by atoms with Crippen molar-refractivity contribution < 1.29 is 24.3 Å². The number of carboxylic acids is 1. The van der Waals surface area contributed by atoms with Gasteiger partial charge in [0.05, 0.1) is 6.04 Å². The molecule has 0 aliphatic rings. The Kier molecular flexibility index (Phi) is 14.6. The van der Waals surface area contributed by atoms with Gasteiger partial charge in [0.15, 0.2) is 0 Å². The van der Waals surface area contributed by atoms with Crippen LogP contribution in [0.4, 0.5) is 0 Å². The molecule has 0 aliphatic carbocycles. The molecule has 0 aliphatic heterocycles. The third-order valence-corrected chi connectivity index (χ3v) is 4.81. The number of hydrogen-bond acceptors (Lipinski definition) is 8. The number of carbonyl (C=O) groups is 4. The number of carboxylic acid groups (broad SMARTS) is 1. The Morgan fingerprint density at radius 3 is 2.18 bits per heavy atom. The maximum Gasteiger partial charge on any atom is 0.322 e. The molecule has 0 aromatic carbocycles. The molecule has 3 atom stereocenters. The van der Waals surface area contributed by atoms with Crippen molar-refractivity contribution in [3.63, 3.8) is 0 Å². The van der Waals surface area contributed by atoms with Crippen LogP contribution in [0.1, 0.15) is 25.7 Å². The Morgan fingerprint density at radius 1 is 1.04 bits per heavy atom. The third kappa shape index (κ3) is 11.4. The van der Waals surface area contributed by atoms with Crippen LogP contribution >= 0.6 is 24.4 Å². The lowest BCUT2D eigenvalue weighted by Crippen LogP contribution is -2.56. The van der Waals surface area contributed by atoms with Crippen molar-refractivity contribution in [2.75, 3.05) is 30.9 Å². The van der Waals surface area contributed by atoms with Crippen molar-refractivity contribution in [1.29, 1.82) is 0 Å². The van der Waals surface area contributed by atoms with Gasteiger partial charge in [-0.25, -0.2) is 0 Å². The predicted molar refractivity (Wildman–Crippen MR) is 112 cm³/mol. The van der Waals surface area contributed by atoms with Gasteiger partial charge < -0.3 is 32.5 Å². The van der Waals surface area contributed by atoms with Crippen LogP contribution in [0.2, 0.25) is 0 Å². The molecule has 8 N–H and O–H groups in total. The molecule has 3 unspecified atom stereocenters. The first-order valence-electron chi connectivity index (χ1n) is 8.92. The van der Waals surface area contributed by atoms with Crippen LogP contribution in [0.25, 0.3) is 0 Å². The van der Waals surface area contributed by atoms with Crippen molar-refractivity contribution >= 4 is 48.1 Å². The summed E-state index contributed by atoms with van der Waals surface area (Å²) < 4.78 is 0. The summed E-state index contributed by atoms with van der Waals surface area (Å²) in [6.45, 7) is -0.114. The molecule has 162 valence electrons. The summed E-state index contributed by atoms with van der Waals surface area (Å²) in [6, 6.07) is -2.65. The quantitative estimate of drug-likeness (QED) is 0.117. The van der Waals surface area contributed by atoms with E-state index in [1.807, 2.05) is 6.26 Å². The number of hydrogen-bond donors (Lipinski definition) is 7. The molecule has 3 amide bonds. The monoisotopic (exact) mass is 437 g/mol. The minimum absolute atomic E-state index is 0.127. The summed E-state index contributed by atoms with van der Waals surface area (Å²) in [5.41, 5.74) is 11.1. The zero-order valence-corrected chi connectivity index (χ0v) is 17.7. The summed E-state index contributed by atoms with van der Waals surface area (Å²) in [5, 5.41) is 16.2. The summed E-state index contributed by atoms with van der Waals surface area (Å²) in [6.07, 6.45) is 3.75. The Labute approximate surface area is 174 Å². The van der Waals surface area contributed by atoms with Crippen molar-refractivity contribution in [3.8, 4) is 0 Å². The van der Waals surface area contributed by atoms with E-state index in [-0.39, 0.29) is 5.75 Å². The van der Waals surface area contributed by atoms with Gasteiger partial charge in [-0.15, -0.1) is 0 Å². The average Bonchev–Trinajstić information content (AvgIpc) is 2.67. The fourth-order valence-electron chi connectivity index (χ4n) is 2.19. The van der Waals surface area contributed by atoms with Crippen LogP contribution in [0, 0.1) is 0 Å². The van der Waals surface area contributed by atoms with E-state index >= 15 is 0 Å². The largest absolute Gasteiger partial charge is 0.480 e. The number of thiol groups is 1. The molecular formula is C16H31N5O5S2. The smallest absolute Gasteiger partial charge is 0.322 e. The van der Waals surface area contributed by atoms with E-state index in [0.717, 1.165) is 0 Å². The van der Waals surface area contributed by atoms with Crippen molar-refractivity contribution in [2.45, 2.75) is 43.8 Å². The molecule has 0 radical (unpaired) electrons. The minimum atomic E-state index is -1.19. The summed E-state index contributed by atoms with van der Waals surface area (Å²) >= 11 is 5.47. The Morgan fingerprint density at radius 2 is 1.64 bits per heavy atom. The van der Waals surface area contributed by atoms with E-state index in [4.69, 9.17) is 16.6 Å². The standard InChI is InChI=1S/C16H31N5O5S2/c1-28-7-5-12(20-14(24)10(18)9-27)16(26)21-11(4-2-3-6-17)15(25)19-8-13(22)23/h10-12,27H,2-9,17-18H2,1H3,(H,19,25)(H,20,24)(H,21,26)(H,22,23). The van der Waals surface area contributed by atoms with Crippen LogP contribution < -0.4 is 27.4 Å². The molecule has 0 aromatic heterocycles. The first-order valence-corrected chi connectivity index (χ1v) is 10.9. The number of rotatable bonds is 15. The number of nitrogens with one attached hydrogen (secondary N) is 3. The van der Waals surface area contributed by atoms with Crippen LogP contribution in [0.5, 0.6) is 0 Å². The highest BCUT2D eigenvalue weighted by Gasteiger charge is 2.27. The SMILES string of the molecule is CSCCC(NC(=O)C(N)CS)C(=O)NC(CCCCN)C(=O)NCC(=O)O. The highest BCUT2D eigenvalue weighted by Crippen LogP contribution is 2.05. The maximum absolute atomic E-state index is 12.7. The fraction of sp³-hybridized carbons (Fsp3) is 0.750. The normalized spacial score (nSPS) is 13.9. The van der Waals surface area contributed by atoms with Crippen molar-refractivity contribution in [2.24, 2.45) is 11.5 Å². The van der Waals surface area contributed by atoms with E-state index < -0.39 is 48.4 Å². The van der Waals surface area contributed by atoms with Gasteiger partial charge in [0.25, 0.3) is 0 Å². The van der Waals surface area contributed by atoms with E-state index in [1.165, 1.54) is 11.8 Å². The van der Waals surface area contributed by atoms with Crippen LogP contribution in [-0.2, 0) is 19.2 Å². The van der Waals surface area contributed by atoms with E-state index in [0.29, 0.717) is 38.0 Å². The summed E-state index contributed by atoms with van der Waals surface area (Å²) in [5.74, 6) is -2.09. The van der Waals surface area contributed by atoms with Gasteiger partial charge in [0.2, 0.25) is 17.7 Å². The van der Waals surface area contributed by atoms with Gasteiger partial charge in [-0.1, -0.05) is 0 Å². The second kappa shape index (κ2) is 15.4. The Balaban J connectivity index is 5.10. The number of unbranched alkanes of at least 4 members (excludes halogenated alkanes) is 1. The lowest BCUT2D eigenvalue weighted by molar-refractivity contribution is -0.138. The lowest BCUT2D eigenvalue weighted by Gasteiger charge is -2.23. The molecule has 0 saturated carbocycles. The highest BCUT2D eigenvalue weighted by atomic mass is 32.2. The molecule has 0 spiro atoms. The molecule has 0 aromatic rings. The first kappa shape index (κ1) is 26.5. The molecule has 10 nitrogen and oxygen atoms in total. The topological polar surface area (TPSA) is 177 Å².